The molecule has 30 heavy (non-hydrogen) atoms. The summed E-state index contributed by atoms with van der Waals surface area (Å²) < 4.78 is 13.1. The van der Waals surface area contributed by atoms with Crippen molar-refractivity contribution >= 4 is 27.5 Å². The van der Waals surface area contributed by atoms with Gasteiger partial charge in [-0.05, 0) is 69.7 Å². The second kappa shape index (κ2) is 9.22. The molecule has 0 spiro atoms. The summed E-state index contributed by atoms with van der Waals surface area (Å²) in [7, 11) is 0. The predicted molar refractivity (Wildman–Crippen MR) is 121 cm³/mol. The third kappa shape index (κ3) is 4.94. The van der Waals surface area contributed by atoms with Gasteiger partial charge in [-0.2, -0.15) is 0 Å². The van der Waals surface area contributed by atoms with E-state index in [4.69, 9.17) is 15.2 Å². The first-order valence-corrected chi connectivity index (χ1v) is 10.7. The molecule has 3 aromatic carbocycles. The van der Waals surface area contributed by atoms with Gasteiger partial charge in [0.1, 0.15) is 6.61 Å². The summed E-state index contributed by atoms with van der Waals surface area (Å²) in [5.74, 6) is 1.79. The number of hydrogen-bond donors (Lipinski definition) is 2. The first kappa shape index (κ1) is 20.3. The topological polar surface area (TPSA) is 73.6 Å². The van der Waals surface area contributed by atoms with Crippen LogP contribution < -0.4 is 20.5 Å². The summed E-state index contributed by atoms with van der Waals surface area (Å²) in [6.45, 7) is 0.980. The van der Waals surface area contributed by atoms with Gasteiger partial charge in [0.25, 0.3) is 0 Å². The maximum Gasteiger partial charge on any atom is 0.220 e. The average molecular weight is 467 g/mol. The fourth-order valence-corrected chi connectivity index (χ4v) is 3.97. The van der Waals surface area contributed by atoms with Crippen molar-refractivity contribution in [3.05, 3.63) is 81.8 Å². The van der Waals surface area contributed by atoms with Crippen LogP contribution in [0, 0.1) is 0 Å². The monoisotopic (exact) mass is 466 g/mol. The third-order valence-corrected chi connectivity index (χ3v) is 5.56. The van der Waals surface area contributed by atoms with Crippen molar-refractivity contribution in [1.82, 2.24) is 5.32 Å². The summed E-state index contributed by atoms with van der Waals surface area (Å²) in [5.41, 5.74) is 9.85. The van der Waals surface area contributed by atoms with Crippen LogP contribution in [0.25, 0.3) is 0 Å². The van der Waals surface area contributed by atoms with Crippen molar-refractivity contribution in [3.8, 4) is 17.2 Å². The Kier molecular flexibility index (Phi) is 6.23. The van der Waals surface area contributed by atoms with E-state index < -0.39 is 0 Å². The van der Waals surface area contributed by atoms with Gasteiger partial charge in [-0.1, -0.05) is 36.4 Å². The molecular weight excluding hydrogens is 444 g/mol. The average Bonchev–Trinajstić information content (AvgIpc) is 2.73. The highest BCUT2D eigenvalue weighted by Crippen LogP contribution is 2.41. The van der Waals surface area contributed by atoms with Crippen LogP contribution in [0.2, 0.25) is 0 Å². The van der Waals surface area contributed by atoms with Crippen LogP contribution in [0.4, 0.5) is 5.69 Å². The highest BCUT2D eigenvalue weighted by atomic mass is 79.9. The van der Waals surface area contributed by atoms with Gasteiger partial charge in [-0.15, -0.1) is 0 Å². The fourth-order valence-electron chi connectivity index (χ4n) is 3.37. The van der Waals surface area contributed by atoms with E-state index in [0.717, 1.165) is 21.2 Å². The summed E-state index contributed by atoms with van der Waals surface area (Å²) in [5, 5.41) is 2.97. The molecule has 0 aliphatic carbocycles. The SMILES string of the molecule is Nc1cc2ccc1Oc1cc(cc(Br)c1OCc1ccccc1)CCNC(=O)CC2. The van der Waals surface area contributed by atoms with Crippen molar-refractivity contribution in [2.45, 2.75) is 25.9 Å². The van der Waals surface area contributed by atoms with Gasteiger partial charge in [-0.3, -0.25) is 4.79 Å². The van der Waals surface area contributed by atoms with Crippen LogP contribution in [0.15, 0.2) is 65.1 Å². The van der Waals surface area contributed by atoms with Crippen LogP contribution in [0.3, 0.4) is 0 Å². The number of hydrogen-bond acceptors (Lipinski definition) is 4. The number of halogens is 1. The Bertz CT molecular complexity index is 1050. The number of carbonyl (C=O) groups excluding carboxylic acids is 1. The molecule has 0 saturated heterocycles. The second-order valence-electron chi connectivity index (χ2n) is 7.25. The molecule has 6 heteroatoms. The molecule has 0 fully saturated rings. The van der Waals surface area contributed by atoms with Crippen molar-refractivity contribution in [2.75, 3.05) is 12.3 Å². The van der Waals surface area contributed by atoms with Crippen molar-refractivity contribution in [1.29, 1.82) is 0 Å². The predicted octanol–water partition coefficient (Wildman–Crippen LogP) is 5.01. The van der Waals surface area contributed by atoms with E-state index >= 15 is 0 Å². The minimum absolute atomic E-state index is 0.0352. The number of carbonyl (C=O) groups is 1. The van der Waals surface area contributed by atoms with Crippen LogP contribution >= 0.6 is 15.9 Å². The number of benzene rings is 3. The highest BCUT2D eigenvalue weighted by Gasteiger charge is 2.16. The van der Waals surface area contributed by atoms with Gasteiger partial charge in [0.05, 0.1) is 10.2 Å². The molecule has 5 nitrogen and oxygen atoms in total. The zero-order chi connectivity index (χ0) is 20.9. The van der Waals surface area contributed by atoms with Crippen LogP contribution in [-0.4, -0.2) is 12.5 Å². The van der Waals surface area contributed by atoms with Crippen LogP contribution in [0.5, 0.6) is 17.2 Å². The summed E-state index contributed by atoms with van der Waals surface area (Å²) in [6.07, 6.45) is 1.76. The zero-order valence-electron chi connectivity index (χ0n) is 16.5. The number of nitrogens with one attached hydrogen (secondary N) is 1. The lowest BCUT2D eigenvalue weighted by molar-refractivity contribution is -0.121. The van der Waals surface area contributed by atoms with E-state index in [1.165, 1.54) is 0 Å². The Morgan fingerprint density at radius 2 is 1.80 bits per heavy atom. The number of anilines is 1. The Labute approximate surface area is 184 Å². The minimum atomic E-state index is 0.0352. The molecule has 5 rings (SSSR count). The number of ether oxygens (including phenoxy) is 2. The molecular formula is C24H23BrN2O3. The van der Waals surface area contributed by atoms with E-state index in [1.54, 1.807) is 0 Å². The molecule has 2 aliphatic heterocycles. The molecule has 2 heterocycles. The fraction of sp³-hybridized carbons (Fsp3) is 0.208. The number of fused-ring (bicyclic) bond motifs is 7. The first-order chi connectivity index (χ1) is 14.6. The van der Waals surface area contributed by atoms with Crippen LogP contribution in [-0.2, 0) is 24.2 Å². The molecule has 0 atom stereocenters. The molecule has 0 saturated carbocycles. The van der Waals surface area contributed by atoms with Crippen molar-refractivity contribution in [3.63, 3.8) is 0 Å². The minimum Gasteiger partial charge on any atom is -0.484 e. The number of aryl methyl sites for hydroxylation is 1. The van der Waals surface area contributed by atoms with Gasteiger partial charge in [-0.25, -0.2) is 0 Å². The maximum absolute atomic E-state index is 12.1. The summed E-state index contributed by atoms with van der Waals surface area (Å²) >= 11 is 3.62. The quantitative estimate of drug-likeness (QED) is 0.532. The van der Waals surface area contributed by atoms with E-state index in [2.05, 4.69) is 21.2 Å². The Hall–Kier alpha value is -2.99. The molecule has 2 aliphatic rings. The molecule has 1 amide bonds. The van der Waals surface area contributed by atoms with E-state index in [1.807, 2.05) is 60.7 Å². The Morgan fingerprint density at radius 3 is 2.60 bits per heavy atom. The number of rotatable bonds is 3. The third-order valence-electron chi connectivity index (χ3n) is 4.97. The molecule has 3 aromatic rings. The largest absolute Gasteiger partial charge is 0.484 e. The van der Waals surface area contributed by atoms with Crippen molar-refractivity contribution < 1.29 is 14.3 Å². The molecule has 154 valence electrons. The molecule has 0 radical (unpaired) electrons. The normalized spacial score (nSPS) is 13.8. The molecule has 0 unspecified atom stereocenters. The smallest absolute Gasteiger partial charge is 0.220 e. The maximum atomic E-state index is 12.1. The summed E-state index contributed by atoms with van der Waals surface area (Å²) in [6, 6.07) is 19.5. The second-order valence-corrected chi connectivity index (χ2v) is 8.11. The van der Waals surface area contributed by atoms with E-state index in [9.17, 15) is 4.79 Å². The molecule has 4 bridgehead atoms. The first-order valence-electron chi connectivity index (χ1n) is 9.90. The number of nitrogen functional groups attached to an aromatic ring is 1. The lowest BCUT2D eigenvalue weighted by Crippen LogP contribution is -2.26. The van der Waals surface area contributed by atoms with Crippen LogP contribution in [0.1, 0.15) is 23.1 Å². The Morgan fingerprint density at radius 1 is 0.967 bits per heavy atom. The van der Waals surface area contributed by atoms with Gasteiger partial charge in [0.15, 0.2) is 17.2 Å². The lowest BCUT2D eigenvalue weighted by Gasteiger charge is -2.18. The van der Waals surface area contributed by atoms with Gasteiger partial charge >= 0.3 is 0 Å². The summed E-state index contributed by atoms with van der Waals surface area (Å²) in [4.78, 5) is 12.1. The van der Waals surface area contributed by atoms with Gasteiger partial charge in [0.2, 0.25) is 5.91 Å². The molecule has 0 aromatic heterocycles. The lowest BCUT2D eigenvalue weighted by atomic mass is 10.1. The standard InChI is InChI=1S/C24H23BrN2O3/c25-19-12-18-10-11-27-23(28)9-7-16-6-8-21(20(26)13-16)30-22(14-18)24(19)29-15-17-4-2-1-3-5-17/h1-6,8,12-14H,7,9-11,15,26H2,(H,27,28). The zero-order valence-corrected chi connectivity index (χ0v) is 18.1. The van der Waals surface area contributed by atoms with Crippen molar-refractivity contribution in [2.24, 2.45) is 0 Å². The van der Waals surface area contributed by atoms with Gasteiger partial charge < -0.3 is 20.5 Å². The van der Waals surface area contributed by atoms with Gasteiger partial charge in [0, 0.05) is 13.0 Å². The number of amides is 1. The highest BCUT2D eigenvalue weighted by molar-refractivity contribution is 9.10. The van der Waals surface area contributed by atoms with E-state index in [-0.39, 0.29) is 5.91 Å². The van der Waals surface area contributed by atoms with E-state index in [0.29, 0.717) is 55.4 Å². The Balaban J connectivity index is 1.69. The number of nitrogens with two attached hydrogens (primary N) is 1. The molecule has 3 N–H and O–H groups in total.